The van der Waals surface area contributed by atoms with E-state index in [9.17, 15) is 9.90 Å². The predicted molar refractivity (Wildman–Crippen MR) is 271 cm³/mol. The summed E-state index contributed by atoms with van der Waals surface area (Å²) in [7, 11) is 0. The molecule has 4 fully saturated rings. The summed E-state index contributed by atoms with van der Waals surface area (Å²) >= 11 is 6.17. The number of aliphatic hydroxyl groups excluding tert-OH is 1. The zero-order chi connectivity index (χ0) is 48.2. The molecular weight excluding hydrogens is 906 g/mol. The van der Waals surface area contributed by atoms with Crippen LogP contribution in [-0.2, 0) is 13.0 Å². The number of nitrogens with one attached hydrogen (secondary N) is 2. The van der Waals surface area contributed by atoms with Crippen LogP contribution in [0.2, 0.25) is 5.02 Å². The summed E-state index contributed by atoms with van der Waals surface area (Å²) in [5.41, 5.74) is 3.81. The summed E-state index contributed by atoms with van der Waals surface area (Å²) in [5.74, 6) is 4.42. The Bertz CT molecular complexity index is 2510. The SMILES string of the molecule is CCc1cnn2c(NCc3ccc(OCCCN4CCN(CC5CCN(c6ccc(C(=O)N[C@H]7CC[C@H](Oc8ccc(C#N)c(Cl)c8)CC7)nn6)CC5)CC4)nc3)cc(N3CCCC[C@H]3CCO)nc12. The number of aliphatic hydroxyl groups is 1. The molecule has 4 aromatic heterocycles. The number of anilines is 3. The molecule has 1 aliphatic carbocycles. The molecule has 70 heavy (non-hydrogen) atoms. The highest BCUT2D eigenvalue weighted by Crippen LogP contribution is 2.31. The van der Waals surface area contributed by atoms with Crippen LogP contribution in [-0.4, -0.2) is 141 Å². The number of halogens is 1. The molecule has 372 valence electrons. The fourth-order valence-corrected chi connectivity index (χ4v) is 10.7. The van der Waals surface area contributed by atoms with Crippen molar-refractivity contribution in [2.24, 2.45) is 5.92 Å². The third-order valence-corrected chi connectivity index (χ3v) is 14.9. The number of carbonyl (C=O) groups is 1. The maximum atomic E-state index is 13.1. The molecule has 3 aliphatic heterocycles. The number of pyridine rings is 1. The maximum Gasteiger partial charge on any atom is 0.272 e. The number of rotatable bonds is 19. The van der Waals surface area contributed by atoms with Crippen LogP contribution in [0.25, 0.3) is 5.65 Å². The molecule has 0 spiro atoms. The van der Waals surface area contributed by atoms with Gasteiger partial charge in [0.25, 0.3) is 5.91 Å². The normalized spacial score (nSPS) is 20.6. The van der Waals surface area contributed by atoms with Crippen molar-refractivity contribution in [1.29, 1.82) is 5.26 Å². The molecule has 0 bridgehead atoms. The number of carbonyl (C=O) groups excluding carboxylic acids is 1. The number of hydrogen-bond donors (Lipinski definition) is 3. The van der Waals surface area contributed by atoms with E-state index in [4.69, 9.17) is 31.3 Å². The average molecular weight is 975 g/mol. The van der Waals surface area contributed by atoms with Crippen molar-refractivity contribution < 1.29 is 19.4 Å². The van der Waals surface area contributed by atoms with Gasteiger partial charge in [-0.05, 0) is 113 Å². The van der Waals surface area contributed by atoms with E-state index in [-0.39, 0.29) is 24.7 Å². The molecule has 3 saturated heterocycles. The molecule has 5 aromatic rings. The minimum absolute atomic E-state index is 0.0381. The Morgan fingerprint density at radius 2 is 1.73 bits per heavy atom. The molecule has 1 aromatic carbocycles. The molecule has 9 rings (SSSR count). The number of piperidine rings is 2. The van der Waals surface area contributed by atoms with Crippen LogP contribution in [0.15, 0.2) is 60.9 Å². The Labute approximate surface area is 416 Å². The van der Waals surface area contributed by atoms with Crippen molar-refractivity contribution in [2.75, 3.05) is 87.2 Å². The van der Waals surface area contributed by atoms with Gasteiger partial charge in [-0.25, -0.2) is 9.97 Å². The van der Waals surface area contributed by atoms with Gasteiger partial charge in [0.15, 0.2) is 17.2 Å². The van der Waals surface area contributed by atoms with Crippen LogP contribution in [0, 0.1) is 17.2 Å². The first-order valence-electron chi connectivity index (χ1n) is 25.6. The van der Waals surface area contributed by atoms with Gasteiger partial charge in [0.2, 0.25) is 5.88 Å². The van der Waals surface area contributed by atoms with Crippen LogP contribution < -0.4 is 29.9 Å². The maximum absolute atomic E-state index is 13.1. The molecule has 0 radical (unpaired) electrons. The number of piperazine rings is 1. The Balaban J connectivity index is 0.638. The average Bonchev–Trinajstić information content (AvgIpc) is 3.82. The van der Waals surface area contributed by atoms with Gasteiger partial charge in [0.05, 0.1) is 29.5 Å². The number of hydrogen-bond acceptors (Lipinski definition) is 15. The second-order valence-corrected chi connectivity index (χ2v) is 19.7. The monoisotopic (exact) mass is 974 g/mol. The van der Waals surface area contributed by atoms with Crippen molar-refractivity contribution in [3.8, 4) is 17.7 Å². The zero-order valence-corrected chi connectivity index (χ0v) is 41.3. The lowest BCUT2D eigenvalue weighted by molar-refractivity contribution is 0.0888. The predicted octanol–water partition coefficient (Wildman–Crippen LogP) is 6.78. The summed E-state index contributed by atoms with van der Waals surface area (Å²) < 4.78 is 14.1. The minimum atomic E-state index is -0.195. The summed E-state index contributed by atoms with van der Waals surface area (Å²) in [4.78, 5) is 32.6. The van der Waals surface area contributed by atoms with Gasteiger partial charge in [-0.1, -0.05) is 24.6 Å². The van der Waals surface area contributed by atoms with Crippen LogP contribution in [0.4, 0.5) is 17.5 Å². The first-order valence-corrected chi connectivity index (χ1v) is 26.0. The third-order valence-electron chi connectivity index (χ3n) is 14.6. The van der Waals surface area contributed by atoms with E-state index in [1.54, 1.807) is 24.3 Å². The lowest BCUT2D eigenvalue weighted by Gasteiger charge is -2.39. The Morgan fingerprint density at radius 1 is 0.900 bits per heavy atom. The third kappa shape index (κ3) is 12.6. The van der Waals surface area contributed by atoms with Crippen LogP contribution >= 0.6 is 11.6 Å². The van der Waals surface area contributed by atoms with Gasteiger partial charge in [-0.3, -0.25) is 4.79 Å². The van der Waals surface area contributed by atoms with Gasteiger partial charge in [-0.2, -0.15) is 14.9 Å². The van der Waals surface area contributed by atoms with E-state index in [0.717, 1.165) is 164 Å². The Morgan fingerprint density at radius 3 is 2.46 bits per heavy atom. The van der Waals surface area contributed by atoms with Gasteiger partial charge in [0, 0.05) is 114 Å². The van der Waals surface area contributed by atoms with Crippen molar-refractivity contribution in [2.45, 2.75) is 109 Å². The van der Waals surface area contributed by atoms with Crippen LogP contribution in [0.5, 0.6) is 11.6 Å². The highest BCUT2D eigenvalue weighted by molar-refractivity contribution is 6.31. The molecule has 3 N–H and O–H groups in total. The number of benzene rings is 1. The topological polar surface area (TPSA) is 185 Å². The summed E-state index contributed by atoms with van der Waals surface area (Å²) in [5, 5.41) is 39.4. The highest BCUT2D eigenvalue weighted by Gasteiger charge is 2.28. The summed E-state index contributed by atoms with van der Waals surface area (Å²) in [6, 6.07) is 17.4. The van der Waals surface area contributed by atoms with Gasteiger partial charge in [-0.15, -0.1) is 10.2 Å². The van der Waals surface area contributed by atoms with E-state index >= 15 is 0 Å². The molecule has 18 heteroatoms. The minimum Gasteiger partial charge on any atom is -0.490 e. The number of amides is 1. The number of fused-ring (bicyclic) bond motifs is 1. The van der Waals surface area contributed by atoms with Crippen LogP contribution in [0.1, 0.15) is 105 Å². The number of nitrogens with zero attached hydrogens (tertiary/aromatic N) is 11. The standard InChI is InChI=1S/C52H68ClN13O4/c1-2-39-35-57-66-48(31-49(59-51(39)66)65-21-4-3-6-42(65)19-28-67)55-33-38-7-16-50(56-34-38)69-29-5-20-62-24-26-63(27-25-62)36-37-17-22-64(23-18-37)47-15-14-46(60-61-47)52(68)58-41-9-12-43(13-10-41)70-44-11-8-40(32-54)45(53)30-44/h7-8,11,14-16,30-31,34-35,37,41-43,55,67H,2-6,9-10,12-13,17-29,33,36H2,1H3,(H,58,68)/t41-,42-,43-/m0/s1. The van der Waals surface area contributed by atoms with Crippen molar-refractivity contribution in [3.05, 3.63) is 88.3 Å². The van der Waals surface area contributed by atoms with Crippen LogP contribution in [0.3, 0.4) is 0 Å². The molecular formula is C52H68ClN13O4. The van der Waals surface area contributed by atoms with Gasteiger partial charge >= 0.3 is 0 Å². The number of aromatic nitrogens is 6. The van der Waals surface area contributed by atoms with Crippen molar-refractivity contribution in [3.63, 3.8) is 0 Å². The first-order chi connectivity index (χ1) is 34.3. The molecule has 0 unspecified atom stereocenters. The molecule has 17 nitrogen and oxygen atoms in total. The van der Waals surface area contributed by atoms with E-state index in [2.05, 4.69) is 75.6 Å². The molecule has 1 saturated carbocycles. The molecule has 1 amide bonds. The van der Waals surface area contributed by atoms with Crippen molar-refractivity contribution >= 4 is 40.6 Å². The van der Waals surface area contributed by atoms with E-state index in [1.807, 2.05) is 29.0 Å². The smallest absolute Gasteiger partial charge is 0.272 e. The summed E-state index contributed by atoms with van der Waals surface area (Å²) in [6.45, 7) is 12.8. The quantitative estimate of drug-likeness (QED) is 0.0736. The number of nitriles is 1. The number of aryl methyl sites for hydroxylation is 1. The highest BCUT2D eigenvalue weighted by atomic mass is 35.5. The Hall–Kier alpha value is -5.80. The van der Waals surface area contributed by atoms with Crippen molar-refractivity contribution in [1.82, 2.24) is 44.9 Å². The second kappa shape index (κ2) is 23.9. The lowest BCUT2D eigenvalue weighted by atomic mass is 9.93. The number of ether oxygens (including phenoxy) is 2. The lowest BCUT2D eigenvalue weighted by Crippen LogP contribution is -2.49. The Kier molecular flexibility index (Phi) is 16.8. The van der Waals surface area contributed by atoms with Gasteiger partial charge in [0.1, 0.15) is 23.5 Å². The second-order valence-electron chi connectivity index (χ2n) is 19.3. The molecule has 4 aliphatic rings. The fraction of sp³-hybridized carbons (Fsp3) is 0.558. The zero-order valence-electron chi connectivity index (χ0n) is 40.5. The van der Waals surface area contributed by atoms with E-state index in [1.165, 1.54) is 6.42 Å². The van der Waals surface area contributed by atoms with Gasteiger partial charge < -0.3 is 44.8 Å². The fourth-order valence-electron chi connectivity index (χ4n) is 10.5. The summed E-state index contributed by atoms with van der Waals surface area (Å²) in [6.07, 6.45) is 15.2. The van der Waals surface area contributed by atoms with E-state index < -0.39 is 0 Å². The first kappa shape index (κ1) is 49.2. The largest absolute Gasteiger partial charge is 0.490 e. The molecule has 7 heterocycles. The molecule has 1 atom stereocenters. The van der Waals surface area contributed by atoms with E-state index in [0.29, 0.717) is 53.0 Å².